The Labute approximate surface area is 152 Å². The molecular weight excluding hydrogens is 402 g/mol. The smallest absolute Gasteiger partial charge is 0.234 e. The first-order chi connectivity index (χ1) is 11.0. The van der Waals surface area contributed by atoms with Crippen molar-refractivity contribution in [2.24, 2.45) is 0 Å². The minimum atomic E-state index is -0.141. The van der Waals surface area contributed by atoms with Crippen LogP contribution in [0.25, 0.3) is 0 Å². The number of amides is 1. The molecule has 1 N–H and O–H groups in total. The van der Waals surface area contributed by atoms with Crippen LogP contribution >= 0.6 is 39.3 Å². The highest BCUT2D eigenvalue weighted by Gasteiger charge is 2.12. The molecule has 0 aliphatic heterocycles. The summed E-state index contributed by atoms with van der Waals surface area (Å²) < 4.78 is 11.4. The maximum absolute atomic E-state index is 12.1. The molecule has 2 aromatic rings. The molecule has 1 amide bonds. The summed E-state index contributed by atoms with van der Waals surface area (Å²) >= 11 is 10.9. The quantitative estimate of drug-likeness (QED) is 0.684. The van der Waals surface area contributed by atoms with Crippen LogP contribution in [-0.2, 0) is 4.79 Å². The molecule has 0 atom stereocenters. The molecule has 0 aromatic heterocycles. The van der Waals surface area contributed by atoms with Gasteiger partial charge in [0.05, 0.1) is 30.7 Å². The Balaban J connectivity index is 2.02. The van der Waals surface area contributed by atoms with Gasteiger partial charge in [-0.15, -0.1) is 11.8 Å². The van der Waals surface area contributed by atoms with E-state index >= 15 is 0 Å². The van der Waals surface area contributed by atoms with Crippen LogP contribution < -0.4 is 14.8 Å². The molecule has 4 nitrogen and oxygen atoms in total. The van der Waals surface area contributed by atoms with Gasteiger partial charge in [0, 0.05) is 15.4 Å². The second-order valence-corrected chi connectivity index (χ2v) is 6.85. The van der Waals surface area contributed by atoms with E-state index in [2.05, 4.69) is 21.2 Å². The number of halogens is 2. The Hall–Kier alpha value is -1.37. The number of hydrogen-bond acceptors (Lipinski definition) is 4. The lowest BCUT2D eigenvalue weighted by molar-refractivity contribution is -0.113. The van der Waals surface area contributed by atoms with Gasteiger partial charge < -0.3 is 14.8 Å². The average molecular weight is 417 g/mol. The Kier molecular flexibility index (Phi) is 6.62. The van der Waals surface area contributed by atoms with Gasteiger partial charge in [0.2, 0.25) is 5.91 Å². The molecule has 122 valence electrons. The molecule has 0 spiro atoms. The number of methoxy groups -OCH3 is 2. The summed E-state index contributed by atoms with van der Waals surface area (Å²) in [5.41, 5.74) is 0.514. The van der Waals surface area contributed by atoms with Crippen LogP contribution in [0.15, 0.2) is 45.8 Å². The topological polar surface area (TPSA) is 47.6 Å². The van der Waals surface area contributed by atoms with Crippen molar-refractivity contribution in [2.75, 3.05) is 25.3 Å². The fraction of sp³-hybridized carbons (Fsp3) is 0.188. The van der Waals surface area contributed by atoms with E-state index in [1.54, 1.807) is 12.1 Å². The van der Waals surface area contributed by atoms with Crippen LogP contribution in [0.3, 0.4) is 0 Å². The predicted molar refractivity (Wildman–Crippen MR) is 98.1 cm³/mol. The molecule has 23 heavy (non-hydrogen) atoms. The summed E-state index contributed by atoms with van der Waals surface area (Å²) in [6, 6.07) is 11.0. The van der Waals surface area contributed by atoms with Crippen molar-refractivity contribution in [3.63, 3.8) is 0 Å². The van der Waals surface area contributed by atoms with Gasteiger partial charge in [0.25, 0.3) is 0 Å². The second-order valence-electron chi connectivity index (χ2n) is 4.48. The maximum Gasteiger partial charge on any atom is 0.234 e. The number of anilines is 1. The molecule has 0 heterocycles. The number of thioether (sulfide) groups is 1. The van der Waals surface area contributed by atoms with Crippen molar-refractivity contribution in [1.82, 2.24) is 0 Å². The highest BCUT2D eigenvalue weighted by molar-refractivity contribution is 9.10. The molecule has 0 radical (unpaired) electrons. The zero-order valence-electron chi connectivity index (χ0n) is 12.6. The molecule has 2 aromatic carbocycles. The van der Waals surface area contributed by atoms with Crippen molar-refractivity contribution >= 4 is 50.9 Å². The average Bonchev–Trinajstić information content (AvgIpc) is 2.54. The van der Waals surface area contributed by atoms with Crippen molar-refractivity contribution in [1.29, 1.82) is 0 Å². The van der Waals surface area contributed by atoms with Crippen molar-refractivity contribution in [3.8, 4) is 11.5 Å². The first kappa shape index (κ1) is 18.0. The highest BCUT2D eigenvalue weighted by Crippen LogP contribution is 2.36. The van der Waals surface area contributed by atoms with E-state index in [9.17, 15) is 4.79 Å². The number of rotatable bonds is 6. The summed E-state index contributed by atoms with van der Waals surface area (Å²) in [6.45, 7) is 0. The number of benzene rings is 2. The number of nitrogens with one attached hydrogen (secondary N) is 1. The molecule has 0 fully saturated rings. The van der Waals surface area contributed by atoms with Crippen molar-refractivity contribution in [3.05, 3.63) is 45.9 Å². The first-order valence-corrected chi connectivity index (χ1v) is 8.79. The van der Waals surface area contributed by atoms with E-state index in [-0.39, 0.29) is 11.7 Å². The Morgan fingerprint density at radius 3 is 2.43 bits per heavy atom. The van der Waals surface area contributed by atoms with E-state index in [4.69, 9.17) is 21.1 Å². The molecule has 0 aliphatic carbocycles. The lowest BCUT2D eigenvalue weighted by Gasteiger charge is -2.13. The molecule has 0 unspecified atom stereocenters. The van der Waals surface area contributed by atoms with E-state index in [1.807, 2.05) is 24.3 Å². The summed E-state index contributed by atoms with van der Waals surface area (Å²) in [5.74, 6) is 1.13. The van der Waals surface area contributed by atoms with Crippen LogP contribution in [0.2, 0.25) is 5.02 Å². The number of carbonyl (C=O) groups excluding carboxylic acids is 1. The summed E-state index contributed by atoms with van der Waals surface area (Å²) in [7, 11) is 3.04. The van der Waals surface area contributed by atoms with Gasteiger partial charge in [-0.2, -0.15) is 0 Å². The normalized spacial score (nSPS) is 10.3. The number of ether oxygens (including phenoxy) is 2. The molecular formula is C16H15BrClNO3S. The first-order valence-electron chi connectivity index (χ1n) is 6.63. The standard InChI is InChI=1S/C16H15BrClNO3S/c1-21-14-8-15(22-2)13(7-12(14)18)19-16(20)9-23-11-5-3-10(17)4-6-11/h3-8H,9H2,1-2H3,(H,19,20). The third-order valence-electron chi connectivity index (χ3n) is 2.93. The number of carbonyl (C=O) groups is 1. The van der Waals surface area contributed by atoms with Gasteiger partial charge >= 0.3 is 0 Å². The number of hydrogen-bond donors (Lipinski definition) is 1. The van der Waals surface area contributed by atoms with Crippen LogP contribution in [0.4, 0.5) is 5.69 Å². The van der Waals surface area contributed by atoms with Gasteiger partial charge in [-0.1, -0.05) is 27.5 Å². The van der Waals surface area contributed by atoms with Crippen molar-refractivity contribution in [2.45, 2.75) is 4.90 Å². The molecule has 2 rings (SSSR count). The van der Waals surface area contributed by atoms with Crippen LogP contribution in [0, 0.1) is 0 Å². The minimum Gasteiger partial charge on any atom is -0.495 e. The molecule has 0 saturated heterocycles. The summed E-state index contributed by atoms with van der Waals surface area (Å²) in [4.78, 5) is 13.1. The SMILES string of the molecule is COc1cc(OC)c(NC(=O)CSc2ccc(Br)cc2)cc1Cl. The lowest BCUT2D eigenvalue weighted by atomic mass is 10.2. The molecule has 0 aliphatic rings. The second kappa shape index (κ2) is 8.47. The largest absolute Gasteiger partial charge is 0.495 e. The molecule has 7 heteroatoms. The van der Waals surface area contributed by atoms with Gasteiger partial charge in [0.1, 0.15) is 11.5 Å². The monoisotopic (exact) mass is 415 g/mol. The highest BCUT2D eigenvalue weighted by atomic mass is 79.9. The van der Waals surface area contributed by atoms with Crippen LogP contribution in [0.1, 0.15) is 0 Å². The van der Waals surface area contributed by atoms with Gasteiger partial charge in [-0.05, 0) is 30.3 Å². The van der Waals surface area contributed by atoms with E-state index in [1.165, 1.54) is 26.0 Å². The molecule has 0 bridgehead atoms. The fourth-order valence-corrected chi connectivity index (χ4v) is 3.03. The zero-order valence-corrected chi connectivity index (χ0v) is 15.7. The van der Waals surface area contributed by atoms with Gasteiger partial charge in [-0.25, -0.2) is 0 Å². The summed E-state index contributed by atoms with van der Waals surface area (Å²) in [6.07, 6.45) is 0. The summed E-state index contributed by atoms with van der Waals surface area (Å²) in [5, 5.41) is 3.21. The third-order valence-corrected chi connectivity index (χ3v) is 4.77. The predicted octanol–water partition coefficient (Wildman–Crippen LogP) is 4.85. The lowest BCUT2D eigenvalue weighted by Crippen LogP contribution is -2.14. The third kappa shape index (κ3) is 5.06. The Morgan fingerprint density at radius 1 is 1.17 bits per heavy atom. The Morgan fingerprint density at radius 2 is 1.83 bits per heavy atom. The Bertz CT molecular complexity index is 694. The van der Waals surface area contributed by atoms with Gasteiger partial charge in [-0.3, -0.25) is 4.79 Å². The van der Waals surface area contributed by atoms with Gasteiger partial charge in [0.15, 0.2) is 0 Å². The fourth-order valence-electron chi connectivity index (χ4n) is 1.82. The maximum atomic E-state index is 12.1. The van der Waals surface area contributed by atoms with E-state index in [0.717, 1.165) is 9.37 Å². The van der Waals surface area contributed by atoms with Crippen LogP contribution in [-0.4, -0.2) is 25.9 Å². The van der Waals surface area contributed by atoms with Crippen molar-refractivity contribution < 1.29 is 14.3 Å². The van der Waals surface area contributed by atoms with E-state index < -0.39 is 0 Å². The zero-order chi connectivity index (χ0) is 16.8. The minimum absolute atomic E-state index is 0.141. The molecule has 0 saturated carbocycles. The van der Waals surface area contributed by atoms with E-state index in [0.29, 0.717) is 22.2 Å². The van der Waals surface area contributed by atoms with Crippen LogP contribution in [0.5, 0.6) is 11.5 Å².